The van der Waals surface area contributed by atoms with Crippen LogP contribution in [0.4, 0.5) is 5.69 Å². The Morgan fingerprint density at radius 1 is 1.08 bits per heavy atom. The smallest absolute Gasteiger partial charge is 0.256 e. The topological polar surface area (TPSA) is 49.9 Å². The molecule has 2 aliphatic rings. The molecule has 1 atom stereocenters. The van der Waals surface area contributed by atoms with Crippen LogP contribution in [0.1, 0.15) is 28.8 Å². The molecule has 2 aromatic carbocycles. The maximum absolute atomic E-state index is 13.2. The van der Waals surface area contributed by atoms with Gasteiger partial charge in [0.15, 0.2) is 0 Å². The van der Waals surface area contributed by atoms with Gasteiger partial charge in [-0.15, -0.1) is 0 Å². The molecule has 128 valence electrons. The van der Waals surface area contributed by atoms with Crippen LogP contribution in [0, 0.1) is 0 Å². The van der Waals surface area contributed by atoms with Crippen LogP contribution in [-0.4, -0.2) is 36.4 Å². The molecule has 0 spiro atoms. The van der Waals surface area contributed by atoms with Crippen LogP contribution in [-0.2, 0) is 11.3 Å². The Morgan fingerprint density at radius 3 is 2.60 bits per heavy atom. The van der Waals surface area contributed by atoms with Gasteiger partial charge in [-0.1, -0.05) is 24.3 Å². The first kappa shape index (κ1) is 15.7. The highest BCUT2D eigenvalue weighted by atomic mass is 16.5. The maximum Gasteiger partial charge on any atom is 0.256 e. The molecule has 0 aromatic heterocycles. The van der Waals surface area contributed by atoms with Crippen LogP contribution >= 0.6 is 0 Å². The molecule has 0 saturated carbocycles. The molecular formula is C20H20N2O3. The number of para-hydroxylation sites is 1. The first-order chi connectivity index (χ1) is 12.2. The summed E-state index contributed by atoms with van der Waals surface area (Å²) in [5.74, 6) is 0.749. The number of hydrogen-bond donors (Lipinski definition) is 0. The second kappa shape index (κ2) is 6.24. The molecule has 0 bridgehead atoms. The van der Waals surface area contributed by atoms with E-state index < -0.39 is 0 Å². The van der Waals surface area contributed by atoms with Gasteiger partial charge in [-0.3, -0.25) is 9.59 Å². The van der Waals surface area contributed by atoms with Gasteiger partial charge in [-0.2, -0.15) is 0 Å². The van der Waals surface area contributed by atoms with Crippen molar-refractivity contribution in [1.29, 1.82) is 0 Å². The Labute approximate surface area is 146 Å². The van der Waals surface area contributed by atoms with E-state index in [0.717, 1.165) is 24.2 Å². The Hall–Kier alpha value is -2.82. The summed E-state index contributed by atoms with van der Waals surface area (Å²) in [6.45, 7) is 1.09. The Bertz CT molecular complexity index is 816. The number of carbonyl (C=O) groups excluding carboxylic acids is 2. The number of amides is 2. The van der Waals surface area contributed by atoms with Crippen LogP contribution in [0.2, 0.25) is 0 Å². The fraction of sp³-hybridized carbons (Fsp3) is 0.300. The zero-order chi connectivity index (χ0) is 17.4. The lowest BCUT2D eigenvalue weighted by molar-refractivity contribution is -0.122. The predicted molar refractivity (Wildman–Crippen MR) is 94.7 cm³/mol. The molecule has 25 heavy (non-hydrogen) atoms. The number of fused-ring (bicyclic) bond motifs is 2. The van der Waals surface area contributed by atoms with E-state index in [9.17, 15) is 9.59 Å². The van der Waals surface area contributed by atoms with Gasteiger partial charge in [-0.05, 0) is 42.7 Å². The first-order valence-corrected chi connectivity index (χ1v) is 8.53. The van der Waals surface area contributed by atoms with E-state index in [1.54, 1.807) is 16.9 Å². The number of anilines is 1. The molecule has 0 aliphatic carbocycles. The van der Waals surface area contributed by atoms with Gasteiger partial charge in [0.05, 0.1) is 24.9 Å². The molecule has 1 saturated heterocycles. The van der Waals surface area contributed by atoms with Crippen molar-refractivity contribution in [2.24, 2.45) is 0 Å². The minimum absolute atomic E-state index is 0.00613. The zero-order valence-electron chi connectivity index (χ0n) is 14.1. The molecule has 0 unspecified atom stereocenters. The minimum Gasteiger partial charge on any atom is -0.497 e. The van der Waals surface area contributed by atoms with Crippen molar-refractivity contribution in [3.63, 3.8) is 0 Å². The molecule has 5 nitrogen and oxygen atoms in total. The third kappa shape index (κ3) is 2.65. The van der Waals surface area contributed by atoms with Crippen LogP contribution in [0.25, 0.3) is 0 Å². The number of nitrogens with zero attached hydrogens (tertiary/aromatic N) is 2. The lowest BCUT2D eigenvalue weighted by Gasteiger charge is -2.26. The van der Waals surface area contributed by atoms with Gasteiger partial charge < -0.3 is 14.5 Å². The van der Waals surface area contributed by atoms with Gasteiger partial charge in [0.2, 0.25) is 5.91 Å². The molecule has 2 heterocycles. The largest absolute Gasteiger partial charge is 0.497 e. The first-order valence-electron chi connectivity index (χ1n) is 8.53. The van der Waals surface area contributed by atoms with Crippen molar-refractivity contribution in [3.05, 3.63) is 59.7 Å². The standard InChI is InChI=1S/C20H20N2O3/c1-25-15-10-8-14(9-11-15)13-22-17-6-3-2-5-16(17)19(23)21-12-4-7-18(21)20(22)24/h2-3,5-6,8-11,18H,4,7,12-13H2,1H3/t18-/m1/s1. The highest BCUT2D eigenvalue weighted by Gasteiger charge is 2.41. The molecular weight excluding hydrogens is 316 g/mol. The molecule has 2 aliphatic heterocycles. The molecule has 0 radical (unpaired) electrons. The Morgan fingerprint density at radius 2 is 1.84 bits per heavy atom. The van der Waals surface area contributed by atoms with Crippen molar-refractivity contribution in [2.45, 2.75) is 25.4 Å². The second-order valence-electron chi connectivity index (χ2n) is 6.45. The quantitative estimate of drug-likeness (QED) is 0.866. The zero-order valence-corrected chi connectivity index (χ0v) is 14.1. The summed E-state index contributed by atoms with van der Waals surface area (Å²) in [4.78, 5) is 29.5. The lowest BCUT2D eigenvalue weighted by atomic mass is 10.1. The van der Waals surface area contributed by atoms with Crippen molar-refractivity contribution >= 4 is 17.5 Å². The predicted octanol–water partition coefficient (Wildman–Crippen LogP) is 2.85. The SMILES string of the molecule is COc1ccc(CN2C(=O)[C@H]3CCCN3C(=O)c3ccccc32)cc1. The third-order valence-electron chi connectivity index (χ3n) is 4.99. The number of hydrogen-bond acceptors (Lipinski definition) is 3. The summed E-state index contributed by atoms with van der Waals surface area (Å²) in [5, 5.41) is 0. The Balaban J connectivity index is 1.74. The Kier molecular flexibility index (Phi) is 3.92. The number of carbonyl (C=O) groups is 2. The summed E-state index contributed by atoms with van der Waals surface area (Å²) >= 11 is 0. The van der Waals surface area contributed by atoms with E-state index in [1.165, 1.54) is 0 Å². The highest BCUT2D eigenvalue weighted by molar-refractivity contribution is 6.11. The number of methoxy groups -OCH3 is 1. The lowest BCUT2D eigenvalue weighted by Crippen LogP contribution is -2.44. The van der Waals surface area contributed by atoms with Gasteiger partial charge in [0, 0.05) is 6.54 Å². The summed E-state index contributed by atoms with van der Waals surface area (Å²) in [6, 6.07) is 14.7. The van der Waals surface area contributed by atoms with E-state index in [1.807, 2.05) is 48.5 Å². The van der Waals surface area contributed by atoms with Crippen molar-refractivity contribution in [1.82, 2.24) is 4.90 Å². The second-order valence-corrected chi connectivity index (χ2v) is 6.45. The average molecular weight is 336 g/mol. The van der Waals surface area contributed by atoms with E-state index >= 15 is 0 Å². The van der Waals surface area contributed by atoms with Crippen LogP contribution in [0.15, 0.2) is 48.5 Å². The van der Waals surface area contributed by atoms with Crippen molar-refractivity contribution < 1.29 is 14.3 Å². The molecule has 5 heteroatoms. The van der Waals surface area contributed by atoms with Gasteiger partial charge in [-0.25, -0.2) is 0 Å². The van der Waals surface area contributed by atoms with Crippen molar-refractivity contribution in [3.8, 4) is 5.75 Å². The summed E-state index contributed by atoms with van der Waals surface area (Å²) in [5.41, 5.74) is 2.30. The fourth-order valence-corrected chi connectivity index (χ4v) is 3.69. The van der Waals surface area contributed by atoms with Crippen LogP contribution in [0.5, 0.6) is 5.75 Å². The van der Waals surface area contributed by atoms with Crippen LogP contribution < -0.4 is 9.64 Å². The minimum atomic E-state index is -0.349. The van der Waals surface area contributed by atoms with Gasteiger partial charge in [0.25, 0.3) is 5.91 Å². The normalized spacial score (nSPS) is 19.5. The molecule has 2 amide bonds. The van der Waals surface area contributed by atoms with E-state index in [4.69, 9.17) is 4.74 Å². The summed E-state index contributed by atoms with van der Waals surface area (Å²) < 4.78 is 5.20. The molecule has 2 aromatic rings. The van der Waals surface area contributed by atoms with E-state index in [0.29, 0.717) is 24.3 Å². The molecule has 0 N–H and O–H groups in total. The molecule has 4 rings (SSSR count). The van der Waals surface area contributed by atoms with E-state index in [-0.39, 0.29) is 17.9 Å². The van der Waals surface area contributed by atoms with Gasteiger partial charge in [0.1, 0.15) is 11.8 Å². The summed E-state index contributed by atoms with van der Waals surface area (Å²) in [7, 11) is 1.63. The monoisotopic (exact) mass is 336 g/mol. The highest BCUT2D eigenvalue weighted by Crippen LogP contribution is 2.33. The van der Waals surface area contributed by atoms with Crippen LogP contribution in [0.3, 0.4) is 0 Å². The number of ether oxygens (including phenoxy) is 1. The maximum atomic E-state index is 13.2. The average Bonchev–Trinajstić information content (AvgIpc) is 3.13. The fourth-order valence-electron chi connectivity index (χ4n) is 3.69. The number of benzene rings is 2. The number of rotatable bonds is 3. The van der Waals surface area contributed by atoms with Crippen molar-refractivity contribution in [2.75, 3.05) is 18.6 Å². The molecule has 1 fully saturated rings. The van der Waals surface area contributed by atoms with Gasteiger partial charge >= 0.3 is 0 Å². The summed E-state index contributed by atoms with van der Waals surface area (Å²) in [6.07, 6.45) is 1.61. The third-order valence-corrected chi connectivity index (χ3v) is 4.99. The van der Waals surface area contributed by atoms with E-state index in [2.05, 4.69) is 0 Å².